The van der Waals surface area contributed by atoms with Crippen LogP contribution in [0.25, 0.3) is 11.3 Å². The van der Waals surface area contributed by atoms with Crippen LogP contribution in [0.5, 0.6) is 5.75 Å². The standard InChI is InChI=1S/C18H16N2O3/c1-22-15-9-7-13(8-10-15)11-19-18(21)17-16(20-12-23-17)14-5-3-2-4-6-14/h2-10,12H,11H2,1H3,(H,19,21). The number of carbonyl (C=O) groups excluding carboxylic acids is 1. The Bertz CT molecular complexity index is 780. The number of benzene rings is 2. The van der Waals surface area contributed by atoms with E-state index in [1.807, 2.05) is 54.6 Å². The van der Waals surface area contributed by atoms with E-state index in [1.165, 1.54) is 6.39 Å². The van der Waals surface area contributed by atoms with Crippen molar-refractivity contribution in [1.82, 2.24) is 10.3 Å². The van der Waals surface area contributed by atoms with Gasteiger partial charge in [0.25, 0.3) is 5.91 Å². The summed E-state index contributed by atoms with van der Waals surface area (Å²) in [7, 11) is 1.62. The zero-order valence-corrected chi connectivity index (χ0v) is 12.7. The monoisotopic (exact) mass is 308 g/mol. The van der Waals surface area contributed by atoms with Crippen LogP contribution in [0.1, 0.15) is 16.1 Å². The average molecular weight is 308 g/mol. The summed E-state index contributed by atoms with van der Waals surface area (Å²) in [6.07, 6.45) is 1.28. The van der Waals surface area contributed by atoms with Crippen molar-refractivity contribution in [3.05, 3.63) is 72.3 Å². The molecule has 0 spiro atoms. The molecule has 1 amide bonds. The summed E-state index contributed by atoms with van der Waals surface area (Å²) in [5, 5.41) is 2.84. The number of oxazole rings is 1. The maximum atomic E-state index is 12.3. The predicted molar refractivity (Wildman–Crippen MR) is 86.1 cm³/mol. The minimum Gasteiger partial charge on any atom is -0.497 e. The third-order valence-electron chi connectivity index (χ3n) is 3.43. The number of carbonyl (C=O) groups is 1. The van der Waals surface area contributed by atoms with E-state index in [2.05, 4.69) is 10.3 Å². The summed E-state index contributed by atoms with van der Waals surface area (Å²) in [6, 6.07) is 17.0. The highest BCUT2D eigenvalue weighted by Crippen LogP contribution is 2.21. The van der Waals surface area contributed by atoms with Gasteiger partial charge in [0.2, 0.25) is 5.76 Å². The molecule has 0 aliphatic rings. The molecule has 0 radical (unpaired) electrons. The van der Waals surface area contributed by atoms with Crippen LogP contribution in [-0.2, 0) is 6.54 Å². The molecular formula is C18H16N2O3. The molecule has 3 rings (SSSR count). The summed E-state index contributed by atoms with van der Waals surface area (Å²) in [5.74, 6) is 0.698. The molecule has 5 heteroatoms. The van der Waals surface area contributed by atoms with E-state index >= 15 is 0 Å². The van der Waals surface area contributed by atoms with E-state index in [1.54, 1.807) is 7.11 Å². The molecule has 0 unspecified atom stereocenters. The number of ether oxygens (including phenoxy) is 1. The number of amides is 1. The Morgan fingerprint density at radius 3 is 2.57 bits per heavy atom. The first-order valence-corrected chi connectivity index (χ1v) is 7.18. The smallest absolute Gasteiger partial charge is 0.289 e. The van der Waals surface area contributed by atoms with Crippen LogP contribution in [0.15, 0.2) is 65.4 Å². The minimum absolute atomic E-state index is 0.213. The number of hydrogen-bond acceptors (Lipinski definition) is 4. The largest absolute Gasteiger partial charge is 0.497 e. The number of hydrogen-bond donors (Lipinski definition) is 1. The topological polar surface area (TPSA) is 64.4 Å². The highest BCUT2D eigenvalue weighted by Gasteiger charge is 2.17. The number of nitrogens with zero attached hydrogens (tertiary/aromatic N) is 1. The van der Waals surface area contributed by atoms with Gasteiger partial charge in [-0.15, -0.1) is 0 Å². The van der Waals surface area contributed by atoms with Crippen molar-refractivity contribution in [1.29, 1.82) is 0 Å². The number of aromatic nitrogens is 1. The number of rotatable bonds is 5. The van der Waals surface area contributed by atoms with E-state index < -0.39 is 0 Å². The van der Waals surface area contributed by atoms with Crippen molar-refractivity contribution < 1.29 is 13.9 Å². The molecule has 5 nitrogen and oxygen atoms in total. The van der Waals surface area contributed by atoms with Crippen LogP contribution < -0.4 is 10.1 Å². The molecule has 0 aliphatic heterocycles. The van der Waals surface area contributed by atoms with Crippen molar-refractivity contribution in [3.8, 4) is 17.0 Å². The van der Waals surface area contributed by atoms with E-state index in [0.717, 1.165) is 16.9 Å². The number of nitrogens with one attached hydrogen (secondary N) is 1. The van der Waals surface area contributed by atoms with E-state index in [0.29, 0.717) is 12.2 Å². The lowest BCUT2D eigenvalue weighted by molar-refractivity contribution is 0.0924. The van der Waals surface area contributed by atoms with Crippen molar-refractivity contribution in [2.24, 2.45) is 0 Å². The Kier molecular flexibility index (Phi) is 4.38. The van der Waals surface area contributed by atoms with Crippen LogP contribution in [0, 0.1) is 0 Å². The first-order valence-electron chi connectivity index (χ1n) is 7.18. The molecule has 0 saturated heterocycles. The lowest BCUT2D eigenvalue weighted by Crippen LogP contribution is -2.22. The summed E-state index contributed by atoms with van der Waals surface area (Å²) < 4.78 is 10.4. The van der Waals surface area contributed by atoms with E-state index in [4.69, 9.17) is 9.15 Å². The Morgan fingerprint density at radius 1 is 1.13 bits per heavy atom. The van der Waals surface area contributed by atoms with Gasteiger partial charge in [-0.05, 0) is 17.7 Å². The fourth-order valence-corrected chi connectivity index (χ4v) is 2.21. The maximum absolute atomic E-state index is 12.3. The second kappa shape index (κ2) is 6.79. The molecule has 116 valence electrons. The molecule has 2 aromatic carbocycles. The van der Waals surface area contributed by atoms with Gasteiger partial charge in [-0.25, -0.2) is 4.98 Å². The van der Waals surface area contributed by atoms with Gasteiger partial charge in [0, 0.05) is 12.1 Å². The van der Waals surface area contributed by atoms with E-state index in [9.17, 15) is 4.79 Å². The molecule has 0 aliphatic carbocycles. The molecule has 0 fully saturated rings. The van der Waals surface area contributed by atoms with Crippen molar-refractivity contribution in [2.75, 3.05) is 7.11 Å². The summed E-state index contributed by atoms with van der Waals surface area (Å²) >= 11 is 0. The van der Waals surface area contributed by atoms with Gasteiger partial charge < -0.3 is 14.5 Å². The zero-order chi connectivity index (χ0) is 16.1. The van der Waals surface area contributed by atoms with Gasteiger partial charge >= 0.3 is 0 Å². The van der Waals surface area contributed by atoms with Crippen LogP contribution >= 0.6 is 0 Å². The fourth-order valence-electron chi connectivity index (χ4n) is 2.21. The van der Waals surface area contributed by atoms with Gasteiger partial charge in [-0.1, -0.05) is 42.5 Å². The highest BCUT2D eigenvalue weighted by molar-refractivity contribution is 5.97. The fraction of sp³-hybridized carbons (Fsp3) is 0.111. The van der Waals surface area contributed by atoms with Gasteiger partial charge in [0.15, 0.2) is 6.39 Å². The summed E-state index contributed by atoms with van der Waals surface area (Å²) in [4.78, 5) is 16.5. The zero-order valence-electron chi connectivity index (χ0n) is 12.7. The first kappa shape index (κ1) is 14.8. The van der Waals surface area contributed by atoms with Crippen molar-refractivity contribution in [2.45, 2.75) is 6.54 Å². The van der Waals surface area contributed by atoms with Crippen molar-refractivity contribution in [3.63, 3.8) is 0 Å². The number of methoxy groups -OCH3 is 1. The Hall–Kier alpha value is -3.08. The molecular weight excluding hydrogens is 292 g/mol. The average Bonchev–Trinajstić information content (AvgIpc) is 3.11. The van der Waals surface area contributed by atoms with Gasteiger partial charge in [-0.2, -0.15) is 0 Å². The van der Waals surface area contributed by atoms with E-state index in [-0.39, 0.29) is 11.7 Å². The molecule has 23 heavy (non-hydrogen) atoms. The lowest BCUT2D eigenvalue weighted by Gasteiger charge is -2.06. The van der Waals surface area contributed by atoms with Crippen LogP contribution in [0.3, 0.4) is 0 Å². The maximum Gasteiger partial charge on any atom is 0.289 e. The van der Waals surface area contributed by atoms with Crippen LogP contribution in [0.2, 0.25) is 0 Å². The predicted octanol–water partition coefficient (Wildman–Crippen LogP) is 3.28. The SMILES string of the molecule is COc1ccc(CNC(=O)c2ocnc2-c2ccccc2)cc1. The van der Waals surface area contributed by atoms with Gasteiger partial charge in [0.1, 0.15) is 11.4 Å². The molecule has 1 aromatic heterocycles. The quantitative estimate of drug-likeness (QED) is 0.785. The van der Waals surface area contributed by atoms with Gasteiger partial charge in [-0.3, -0.25) is 4.79 Å². The minimum atomic E-state index is -0.294. The molecule has 0 bridgehead atoms. The summed E-state index contributed by atoms with van der Waals surface area (Å²) in [5.41, 5.74) is 2.36. The summed E-state index contributed by atoms with van der Waals surface area (Å²) in [6.45, 7) is 0.401. The second-order valence-corrected chi connectivity index (χ2v) is 4.93. The molecule has 1 heterocycles. The second-order valence-electron chi connectivity index (χ2n) is 4.93. The lowest BCUT2D eigenvalue weighted by atomic mass is 10.1. The first-order chi connectivity index (χ1) is 11.3. The molecule has 1 N–H and O–H groups in total. The Morgan fingerprint density at radius 2 is 1.87 bits per heavy atom. The normalized spacial score (nSPS) is 10.3. The third kappa shape index (κ3) is 3.40. The Labute approximate surface area is 133 Å². The third-order valence-corrected chi connectivity index (χ3v) is 3.43. The molecule has 3 aromatic rings. The van der Waals surface area contributed by atoms with Crippen molar-refractivity contribution >= 4 is 5.91 Å². The Balaban J connectivity index is 1.70. The van der Waals surface area contributed by atoms with Crippen LogP contribution in [-0.4, -0.2) is 18.0 Å². The molecule has 0 saturated carbocycles. The van der Waals surface area contributed by atoms with Crippen LogP contribution in [0.4, 0.5) is 0 Å². The molecule has 0 atom stereocenters. The highest BCUT2D eigenvalue weighted by atomic mass is 16.5. The van der Waals surface area contributed by atoms with Gasteiger partial charge in [0.05, 0.1) is 7.11 Å².